The Labute approximate surface area is 173 Å². The van der Waals surface area contributed by atoms with Crippen LogP contribution in [0.15, 0.2) is 23.8 Å². The number of unbranched alkanes of at least 4 members (excludes halogenated alkanes) is 2. The second-order valence-corrected chi connectivity index (χ2v) is 9.32. The molecule has 2 N–H and O–H groups in total. The average molecular weight is 398 g/mol. The van der Waals surface area contributed by atoms with E-state index in [1.54, 1.807) is 13.0 Å². The van der Waals surface area contributed by atoms with Crippen LogP contribution in [-0.2, 0) is 10.2 Å². The van der Waals surface area contributed by atoms with Gasteiger partial charge in [-0.1, -0.05) is 18.1 Å². The first kappa shape index (κ1) is 21.2. The van der Waals surface area contributed by atoms with E-state index in [9.17, 15) is 15.0 Å². The molecule has 1 unspecified atom stereocenters. The Morgan fingerprint density at radius 3 is 2.76 bits per heavy atom. The predicted octanol–water partition coefficient (Wildman–Crippen LogP) is 5.43. The van der Waals surface area contributed by atoms with Crippen LogP contribution in [0.2, 0.25) is 0 Å². The fourth-order valence-corrected chi connectivity index (χ4v) is 4.94. The molecule has 1 aromatic carbocycles. The number of nitrogens with zero attached hydrogens (tertiary/aromatic N) is 1. The van der Waals surface area contributed by atoms with Gasteiger partial charge in [-0.3, -0.25) is 4.79 Å². The minimum atomic E-state index is -1.14. The summed E-state index contributed by atoms with van der Waals surface area (Å²) in [5.74, 6) is 0.234. The summed E-state index contributed by atoms with van der Waals surface area (Å²) in [6, 6.07) is 5.53. The van der Waals surface area contributed by atoms with Gasteiger partial charge >= 0.3 is 5.97 Å². The third kappa shape index (κ3) is 3.85. The van der Waals surface area contributed by atoms with Crippen molar-refractivity contribution in [3.63, 3.8) is 0 Å². The number of fused-ring (bicyclic) bond motifs is 3. The van der Waals surface area contributed by atoms with Gasteiger partial charge in [-0.25, -0.2) is 0 Å². The number of allylic oxidation sites excluding steroid dienone is 2. The number of phenolic OH excluding ortho intramolecular Hbond substituents is 1. The summed E-state index contributed by atoms with van der Waals surface area (Å²) < 4.78 is 6.34. The maximum atomic E-state index is 12.2. The Morgan fingerprint density at radius 1 is 1.38 bits per heavy atom. The van der Waals surface area contributed by atoms with Gasteiger partial charge in [0, 0.05) is 23.8 Å². The number of benzene rings is 1. The molecule has 0 fully saturated rings. The van der Waals surface area contributed by atoms with Gasteiger partial charge in [0.05, 0.1) is 11.5 Å². The third-order valence-electron chi connectivity index (χ3n) is 6.83. The molecule has 156 valence electrons. The molecule has 0 spiro atoms. The van der Waals surface area contributed by atoms with E-state index in [2.05, 4.69) is 32.9 Å². The number of hydrogen-bond acceptors (Lipinski definition) is 4. The molecule has 1 aromatic rings. The minimum absolute atomic E-state index is 0.127. The smallest absolute Gasteiger partial charge is 0.313 e. The second kappa shape index (κ2) is 7.74. The fraction of sp³-hybridized carbons (Fsp3) is 0.583. The largest absolute Gasteiger partial charge is 0.508 e. The molecule has 2 aliphatic rings. The summed E-state index contributed by atoms with van der Waals surface area (Å²) in [7, 11) is 0. The summed E-state index contributed by atoms with van der Waals surface area (Å²) in [4.78, 5) is 12.2. The molecule has 0 saturated heterocycles. The summed E-state index contributed by atoms with van der Waals surface area (Å²) in [5, 5.41) is 29.7. The zero-order chi connectivity index (χ0) is 21.4. The first-order valence-corrected chi connectivity index (χ1v) is 10.4. The first-order chi connectivity index (χ1) is 13.6. The summed E-state index contributed by atoms with van der Waals surface area (Å²) in [6.45, 7) is 7.95. The highest BCUT2D eigenvalue weighted by Crippen LogP contribution is 2.55. The van der Waals surface area contributed by atoms with E-state index in [4.69, 9.17) is 10.00 Å². The molecule has 3 rings (SSSR count). The van der Waals surface area contributed by atoms with Gasteiger partial charge in [0.2, 0.25) is 0 Å². The Bertz CT molecular complexity index is 880. The van der Waals surface area contributed by atoms with Crippen molar-refractivity contribution in [2.45, 2.75) is 83.2 Å². The second-order valence-electron chi connectivity index (χ2n) is 9.32. The molecule has 0 bridgehead atoms. The SMILES string of the molecule is CC1=CC[C@@H]2[C@@H](C1)c1c(O)cc(C(C)(CCCCC#N)C(=O)O)cc1OC2(C)C. The van der Waals surface area contributed by atoms with Gasteiger partial charge in [0.25, 0.3) is 0 Å². The molecular formula is C24H31NO4. The number of hydrogen-bond donors (Lipinski definition) is 2. The van der Waals surface area contributed by atoms with E-state index in [0.29, 0.717) is 37.0 Å². The van der Waals surface area contributed by atoms with Gasteiger partial charge in [0.15, 0.2) is 0 Å². The number of carboxylic acids is 1. The highest BCUT2D eigenvalue weighted by atomic mass is 16.5. The lowest BCUT2D eigenvalue weighted by Gasteiger charge is -2.47. The van der Waals surface area contributed by atoms with E-state index >= 15 is 0 Å². The van der Waals surface area contributed by atoms with Crippen LogP contribution in [0.3, 0.4) is 0 Å². The number of rotatable bonds is 6. The Kier molecular flexibility index (Phi) is 5.67. The van der Waals surface area contributed by atoms with Gasteiger partial charge < -0.3 is 14.9 Å². The quantitative estimate of drug-likeness (QED) is 0.493. The van der Waals surface area contributed by atoms with Gasteiger partial charge in [0.1, 0.15) is 17.1 Å². The van der Waals surface area contributed by atoms with Crippen molar-refractivity contribution in [3.8, 4) is 17.6 Å². The number of aliphatic carboxylic acids is 1. The van der Waals surface area contributed by atoms with Crippen molar-refractivity contribution in [2.75, 3.05) is 0 Å². The molecule has 1 aliphatic heterocycles. The summed E-state index contributed by atoms with van der Waals surface area (Å²) in [6.07, 6.45) is 6.16. The number of carbonyl (C=O) groups is 1. The average Bonchev–Trinajstić information content (AvgIpc) is 2.63. The molecule has 1 aliphatic carbocycles. The lowest BCUT2D eigenvalue weighted by molar-refractivity contribution is -0.143. The maximum Gasteiger partial charge on any atom is 0.313 e. The van der Waals surface area contributed by atoms with Crippen molar-refractivity contribution < 1.29 is 19.7 Å². The maximum absolute atomic E-state index is 12.2. The number of carboxylic acid groups (broad SMARTS) is 1. The van der Waals surface area contributed by atoms with E-state index in [1.165, 1.54) is 5.57 Å². The molecule has 29 heavy (non-hydrogen) atoms. The zero-order valence-electron chi connectivity index (χ0n) is 17.8. The third-order valence-corrected chi connectivity index (χ3v) is 6.83. The molecular weight excluding hydrogens is 366 g/mol. The lowest BCUT2D eigenvalue weighted by atomic mass is 9.66. The van der Waals surface area contributed by atoms with Crippen LogP contribution in [0.25, 0.3) is 0 Å². The standard InChI is InChI=1S/C24H31NO4/c1-15-8-9-18-17(12-15)21-19(26)13-16(14-20(21)29-23(18,2)3)24(4,22(27)28)10-6-5-7-11-25/h8,13-14,17-18,26H,5-7,9-10,12H2,1-4H3,(H,27,28)/t17-,18-,24?/m1/s1. The minimum Gasteiger partial charge on any atom is -0.508 e. The van der Waals surface area contributed by atoms with E-state index in [1.807, 2.05) is 6.07 Å². The van der Waals surface area contributed by atoms with Gasteiger partial charge in [-0.15, -0.1) is 0 Å². The molecule has 5 nitrogen and oxygen atoms in total. The van der Waals surface area contributed by atoms with E-state index in [-0.39, 0.29) is 17.6 Å². The summed E-state index contributed by atoms with van der Waals surface area (Å²) in [5.41, 5.74) is 1.13. The van der Waals surface area contributed by atoms with Crippen molar-refractivity contribution >= 4 is 5.97 Å². The Balaban J connectivity index is 2.02. The van der Waals surface area contributed by atoms with Crippen LogP contribution in [0.1, 0.15) is 83.3 Å². The first-order valence-electron chi connectivity index (χ1n) is 10.4. The molecule has 0 radical (unpaired) electrons. The van der Waals surface area contributed by atoms with E-state index < -0.39 is 17.0 Å². The van der Waals surface area contributed by atoms with Crippen LogP contribution in [0.4, 0.5) is 0 Å². The van der Waals surface area contributed by atoms with Crippen LogP contribution in [0.5, 0.6) is 11.5 Å². The number of aromatic hydroxyl groups is 1. The molecule has 0 saturated carbocycles. The Morgan fingerprint density at radius 2 is 2.10 bits per heavy atom. The predicted molar refractivity (Wildman–Crippen MR) is 111 cm³/mol. The number of phenols is 1. The lowest BCUT2D eigenvalue weighted by Crippen LogP contribution is -2.45. The molecule has 1 heterocycles. The van der Waals surface area contributed by atoms with Crippen molar-refractivity contribution in [1.29, 1.82) is 5.26 Å². The fourth-order valence-electron chi connectivity index (χ4n) is 4.94. The topological polar surface area (TPSA) is 90.5 Å². The highest BCUT2D eigenvalue weighted by Gasteiger charge is 2.46. The number of nitriles is 1. The van der Waals surface area contributed by atoms with Crippen molar-refractivity contribution in [1.82, 2.24) is 0 Å². The molecule has 0 aromatic heterocycles. The summed E-state index contributed by atoms with van der Waals surface area (Å²) >= 11 is 0. The van der Waals surface area contributed by atoms with Crippen molar-refractivity contribution in [3.05, 3.63) is 34.9 Å². The normalized spacial score (nSPS) is 24.2. The molecule has 0 amide bonds. The van der Waals surface area contributed by atoms with Crippen LogP contribution in [0, 0.1) is 17.2 Å². The zero-order valence-corrected chi connectivity index (χ0v) is 17.8. The van der Waals surface area contributed by atoms with Gasteiger partial charge in [-0.2, -0.15) is 5.26 Å². The Hall–Kier alpha value is -2.48. The highest BCUT2D eigenvalue weighted by molar-refractivity contribution is 5.81. The van der Waals surface area contributed by atoms with Gasteiger partial charge in [-0.05, 0) is 71.1 Å². The molecule has 5 heteroatoms. The molecule has 3 atom stereocenters. The monoisotopic (exact) mass is 397 g/mol. The van der Waals surface area contributed by atoms with Crippen LogP contribution < -0.4 is 4.74 Å². The van der Waals surface area contributed by atoms with Crippen LogP contribution >= 0.6 is 0 Å². The van der Waals surface area contributed by atoms with Crippen LogP contribution in [-0.4, -0.2) is 21.8 Å². The number of ether oxygens (including phenoxy) is 1. The van der Waals surface area contributed by atoms with Crippen molar-refractivity contribution in [2.24, 2.45) is 5.92 Å². The van der Waals surface area contributed by atoms with E-state index in [0.717, 1.165) is 18.4 Å².